The summed E-state index contributed by atoms with van der Waals surface area (Å²) >= 11 is 0. The van der Waals surface area contributed by atoms with Crippen LogP contribution in [0.2, 0.25) is 0 Å². The molecular weight excluding hydrogens is 306 g/mol. The third-order valence-electron chi connectivity index (χ3n) is 7.19. The van der Waals surface area contributed by atoms with Crippen molar-refractivity contribution < 1.29 is 5.11 Å². The van der Waals surface area contributed by atoms with Gasteiger partial charge in [0.1, 0.15) is 0 Å². The lowest BCUT2D eigenvalue weighted by Crippen LogP contribution is -2.43. The van der Waals surface area contributed by atoms with Crippen LogP contribution in [0.15, 0.2) is 11.1 Å². The lowest BCUT2D eigenvalue weighted by atomic mass is 9.69. The Hall–Kier alpha value is -0.340. The first-order chi connectivity index (χ1) is 11.6. The Morgan fingerprint density at radius 3 is 2.32 bits per heavy atom. The third kappa shape index (κ3) is 6.40. The van der Waals surface area contributed by atoms with Gasteiger partial charge in [-0.3, -0.25) is 0 Å². The van der Waals surface area contributed by atoms with Gasteiger partial charge in [0.15, 0.2) is 0 Å². The zero-order chi connectivity index (χ0) is 19.2. The molecule has 148 valence electrons. The Kier molecular flexibility index (Phi) is 9.18. The van der Waals surface area contributed by atoms with E-state index in [1.165, 1.54) is 38.5 Å². The second-order valence-corrected chi connectivity index (χ2v) is 9.39. The van der Waals surface area contributed by atoms with E-state index in [2.05, 4.69) is 53.8 Å². The molecule has 0 bridgehead atoms. The topological polar surface area (TPSA) is 32.3 Å². The molecule has 0 aromatic carbocycles. The SMILES string of the molecule is CC[C@@H](CCC(C)(C)C1CCNC1[C@@H](C)O)C/C(C)=C(/C)[C@@H](C)CC. The first-order valence-corrected chi connectivity index (χ1v) is 10.7. The number of aliphatic hydroxyl groups excluding tert-OH is 1. The van der Waals surface area contributed by atoms with Crippen LogP contribution in [0.5, 0.6) is 0 Å². The average Bonchev–Trinajstić information content (AvgIpc) is 3.07. The Morgan fingerprint density at radius 1 is 1.16 bits per heavy atom. The molecule has 5 atom stereocenters. The van der Waals surface area contributed by atoms with Crippen LogP contribution >= 0.6 is 0 Å². The Morgan fingerprint density at radius 2 is 1.80 bits per heavy atom. The second kappa shape index (κ2) is 10.1. The van der Waals surface area contributed by atoms with Crippen LogP contribution in [0.3, 0.4) is 0 Å². The molecule has 1 saturated heterocycles. The maximum absolute atomic E-state index is 10.1. The Bertz CT molecular complexity index is 424. The third-order valence-corrected chi connectivity index (χ3v) is 7.19. The van der Waals surface area contributed by atoms with E-state index in [1.54, 1.807) is 11.1 Å². The van der Waals surface area contributed by atoms with Crippen molar-refractivity contribution in [1.29, 1.82) is 0 Å². The van der Waals surface area contributed by atoms with Gasteiger partial charge < -0.3 is 10.4 Å². The van der Waals surface area contributed by atoms with E-state index < -0.39 is 0 Å². The van der Waals surface area contributed by atoms with Crippen LogP contribution in [0.25, 0.3) is 0 Å². The molecule has 0 saturated carbocycles. The van der Waals surface area contributed by atoms with Gasteiger partial charge in [-0.05, 0) is 82.6 Å². The smallest absolute Gasteiger partial charge is 0.0668 e. The molecule has 2 N–H and O–H groups in total. The molecule has 0 aromatic rings. The largest absolute Gasteiger partial charge is 0.392 e. The molecule has 2 unspecified atom stereocenters. The molecule has 1 heterocycles. The summed E-state index contributed by atoms with van der Waals surface area (Å²) in [6.07, 6.45) is 7.27. The summed E-state index contributed by atoms with van der Waals surface area (Å²) in [7, 11) is 0. The first kappa shape index (κ1) is 22.7. The molecule has 0 aliphatic carbocycles. The van der Waals surface area contributed by atoms with Gasteiger partial charge in [-0.15, -0.1) is 0 Å². The average molecular weight is 352 g/mol. The van der Waals surface area contributed by atoms with Gasteiger partial charge >= 0.3 is 0 Å². The first-order valence-electron chi connectivity index (χ1n) is 10.7. The fourth-order valence-corrected chi connectivity index (χ4v) is 4.64. The van der Waals surface area contributed by atoms with Gasteiger partial charge in [0, 0.05) is 6.04 Å². The molecule has 25 heavy (non-hydrogen) atoms. The van der Waals surface area contributed by atoms with Gasteiger partial charge in [-0.25, -0.2) is 0 Å². The normalized spacial score (nSPS) is 26.3. The van der Waals surface area contributed by atoms with Gasteiger partial charge in [0.2, 0.25) is 0 Å². The van der Waals surface area contributed by atoms with E-state index in [9.17, 15) is 5.11 Å². The number of aliphatic hydroxyl groups is 1. The van der Waals surface area contributed by atoms with Gasteiger partial charge in [-0.1, -0.05) is 52.2 Å². The predicted molar refractivity (Wildman–Crippen MR) is 111 cm³/mol. The monoisotopic (exact) mass is 351 g/mol. The van der Waals surface area contributed by atoms with Crippen molar-refractivity contribution >= 4 is 0 Å². The number of rotatable bonds is 10. The van der Waals surface area contributed by atoms with Crippen molar-refractivity contribution in [1.82, 2.24) is 5.32 Å². The maximum atomic E-state index is 10.1. The highest BCUT2D eigenvalue weighted by molar-refractivity contribution is 5.12. The van der Waals surface area contributed by atoms with E-state index >= 15 is 0 Å². The highest BCUT2D eigenvalue weighted by Gasteiger charge is 2.40. The molecule has 1 rings (SSSR count). The lowest BCUT2D eigenvalue weighted by molar-refractivity contribution is 0.0774. The summed E-state index contributed by atoms with van der Waals surface area (Å²) in [5.41, 5.74) is 3.51. The van der Waals surface area contributed by atoms with Crippen molar-refractivity contribution in [3.63, 3.8) is 0 Å². The van der Waals surface area contributed by atoms with Crippen LogP contribution < -0.4 is 5.32 Å². The van der Waals surface area contributed by atoms with Crippen molar-refractivity contribution in [2.75, 3.05) is 6.54 Å². The maximum Gasteiger partial charge on any atom is 0.0668 e. The molecule has 0 spiro atoms. The van der Waals surface area contributed by atoms with Crippen molar-refractivity contribution in [3.8, 4) is 0 Å². The van der Waals surface area contributed by atoms with Crippen LogP contribution in [-0.2, 0) is 0 Å². The fourth-order valence-electron chi connectivity index (χ4n) is 4.64. The summed E-state index contributed by atoms with van der Waals surface area (Å²) in [5.74, 6) is 2.09. The molecule has 0 amide bonds. The fraction of sp³-hybridized carbons (Fsp3) is 0.913. The quantitative estimate of drug-likeness (QED) is 0.477. The number of hydrogen-bond acceptors (Lipinski definition) is 2. The molecule has 2 heteroatoms. The summed E-state index contributed by atoms with van der Waals surface area (Å²) in [5, 5.41) is 13.6. The van der Waals surface area contributed by atoms with Crippen molar-refractivity contribution in [3.05, 3.63) is 11.1 Å². The van der Waals surface area contributed by atoms with E-state index in [-0.39, 0.29) is 12.1 Å². The van der Waals surface area contributed by atoms with Crippen LogP contribution in [0, 0.1) is 23.2 Å². The van der Waals surface area contributed by atoms with E-state index in [1.807, 2.05) is 6.92 Å². The minimum atomic E-state index is -0.253. The minimum absolute atomic E-state index is 0.253. The van der Waals surface area contributed by atoms with Crippen LogP contribution in [-0.4, -0.2) is 23.8 Å². The Labute approximate surface area is 157 Å². The van der Waals surface area contributed by atoms with E-state index in [0.29, 0.717) is 17.3 Å². The van der Waals surface area contributed by atoms with Crippen molar-refractivity contribution in [2.45, 2.75) is 106 Å². The highest BCUT2D eigenvalue weighted by atomic mass is 16.3. The molecule has 0 aromatic heterocycles. The van der Waals surface area contributed by atoms with Crippen LogP contribution in [0.1, 0.15) is 93.9 Å². The molecular formula is C23H45NO. The zero-order valence-corrected chi connectivity index (χ0v) is 18.3. The number of hydrogen-bond donors (Lipinski definition) is 2. The van der Waals surface area contributed by atoms with E-state index in [4.69, 9.17) is 0 Å². The molecule has 1 aliphatic heterocycles. The Balaban J connectivity index is 2.66. The van der Waals surface area contributed by atoms with E-state index in [0.717, 1.165) is 12.5 Å². The second-order valence-electron chi connectivity index (χ2n) is 9.39. The summed E-state index contributed by atoms with van der Waals surface area (Å²) in [6, 6.07) is 0.268. The van der Waals surface area contributed by atoms with Gasteiger partial charge in [0.25, 0.3) is 0 Å². The van der Waals surface area contributed by atoms with Gasteiger partial charge in [-0.2, -0.15) is 0 Å². The molecule has 1 fully saturated rings. The zero-order valence-electron chi connectivity index (χ0n) is 18.3. The standard InChI is InChI=1S/C23H45NO/c1-9-16(3)18(5)17(4)15-20(10-2)11-13-23(7,8)21-12-14-24-22(21)19(6)25/h16,19-22,24-25H,9-15H2,1-8H3/b18-17-/t16-,19+,20-,21?,22?/m0/s1. The minimum Gasteiger partial charge on any atom is -0.392 e. The highest BCUT2D eigenvalue weighted by Crippen LogP contribution is 2.41. The number of nitrogens with one attached hydrogen (secondary N) is 1. The lowest BCUT2D eigenvalue weighted by Gasteiger charge is -2.37. The molecule has 2 nitrogen and oxygen atoms in total. The molecule has 0 radical (unpaired) electrons. The summed E-state index contributed by atoms with van der Waals surface area (Å²) in [6.45, 7) is 19.5. The summed E-state index contributed by atoms with van der Waals surface area (Å²) < 4.78 is 0. The number of allylic oxidation sites excluding steroid dienone is 2. The summed E-state index contributed by atoms with van der Waals surface area (Å²) in [4.78, 5) is 0. The van der Waals surface area contributed by atoms with Crippen molar-refractivity contribution in [2.24, 2.45) is 23.2 Å². The van der Waals surface area contributed by atoms with Gasteiger partial charge in [0.05, 0.1) is 6.10 Å². The van der Waals surface area contributed by atoms with Crippen LogP contribution in [0.4, 0.5) is 0 Å². The predicted octanol–water partition coefficient (Wildman–Crippen LogP) is 5.95. The molecule has 1 aliphatic rings.